The van der Waals surface area contributed by atoms with E-state index in [-0.39, 0.29) is 0 Å². The van der Waals surface area contributed by atoms with Gasteiger partial charge in [0.1, 0.15) is 11.2 Å². The van der Waals surface area contributed by atoms with E-state index in [1.54, 1.807) is 0 Å². The molecule has 0 spiro atoms. The Kier molecular flexibility index (Phi) is 7.45. The lowest BCUT2D eigenvalue weighted by molar-refractivity contribution is 0.670. The third kappa shape index (κ3) is 5.09. The van der Waals surface area contributed by atoms with Crippen molar-refractivity contribution in [3.63, 3.8) is 0 Å². The quantitative estimate of drug-likeness (QED) is 0.162. The van der Waals surface area contributed by atoms with Gasteiger partial charge in [-0.25, -0.2) is 0 Å². The smallest absolute Gasteiger partial charge is 0.159 e. The van der Waals surface area contributed by atoms with Crippen molar-refractivity contribution in [3.8, 4) is 44.5 Å². The summed E-state index contributed by atoms with van der Waals surface area (Å²) in [4.78, 5) is 4.88. The van der Waals surface area contributed by atoms with Gasteiger partial charge in [-0.3, -0.25) is 0 Å². The molecular weight excluding hydrogens is 853 g/mol. The highest BCUT2D eigenvalue weighted by Crippen LogP contribution is 2.53. The van der Waals surface area contributed by atoms with Crippen LogP contribution in [0.1, 0.15) is 11.1 Å². The molecule has 0 unspecified atom stereocenters. The van der Waals surface area contributed by atoms with Crippen LogP contribution in [0, 0.1) is 13.8 Å². The summed E-state index contributed by atoms with van der Waals surface area (Å²) >= 11 is 0. The minimum absolute atomic E-state index is 0.868. The molecule has 0 saturated carbocycles. The van der Waals surface area contributed by atoms with E-state index in [2.05, 4.69) is 230 Å². The van der Waals surface area contributed by atoms with E-state index in [9.17, 15) is 0 Å². The van der Waals surface area contributed by atoms with Gasteiger partial charge in [-0.1, -0.05) is 158 Å². The zero-order valence-corrected chi connectivity index (χ0v) is 38.3. The van der Waals surface area contributed by atoms with Gasteiger partial charge < -0.3 is 18.6 Å². The molecular formula is C66H40N2O2. The summed E-state index contributed by atoms with van der Waals surface area (Å²) in [6.07, 6.45) is 0. The molecule has 0 amide bonds. The molecule has 0 aliphatic carbocycles. The standard InChI is InChI=1S/C66H40N2O2/c1-37-31-41-35-43(33-37)67(59-21-9-19-53-51-17-7-15-49(63(51)69-65(53)59)47-13-5-3-11-45(41)47)57-29-25-39-24-28-56-58(30-26-40-23-27-55(57)61(39)62(40)56)68-44-34-38(2)32-42(36-44)46-12-4-6-14-48(46)50-16-8-18-52-54-20-10-22-60(68)66(54)70-64(50)52/h3-36H,1-2H3. The number of benzene rings is 12. The van der Waals surface area contributed by atoms with Crippen LogP contribution < -0.4 is 9.80 Å². The van der Waals surface area contributed by atoms with E-state index >= 15 is 0 Å². The third-order valence-corrected chi connectivity index (χ3v) is 15.3. The predicted molar refractivity (Wildman–Crippen MR) is 292 cm³/mol. The molecule has 0 fully saturated rings. The van der Waals surface area contributed by atoms with Crippen LogP contribution in [0.15, 0.2) is 215 Å². The second-order valence-corrected chi connectivity index (χ2v) is 19.3. The number of nitrogens with zero attached hydrogens (tertiary/aromatic N) is 2. The van der Waals surface area contributed by atoms with Gasteiger partial charge in [-0.2, -0.15) is 0 Å². The molecule has 16 rings (SSSR count). The van der Waals surface area contributed by atoms with Crippen LogP contribution >= 0.6 is 0 Å². The minimum Gasteiger partial charge on any atom is -0.453 e. The minimum atomic E-state index is 0.868. The van der Waals surface area contributed by atoms with Crippen LogP contribution in [0.4, 0.5) is 34.1 Å². The zero-order valence-electron chi connectivity index (χ0n) is 38.3. The third-order valence-electron chi connectivity index (χ3n) is 15.3. The first-order valence-corrected chi connectivity index (χ1v) is 24.1. The highest BCUT2D eigenvalue weighted by atomic mass is 16.3. The normalized spacial score (nSPS) is 12.9. The Morgan fingerprint density at radius 3 is 1.13 bits per heavy atom. The maximum Gasteiger partial charge on any atom is 0.159 e. The van der Waals surface area contributed by atoms with Gasteiger partial charge in [0, 0.05) is 54.8 Å². The molecule has 8 bridgehead atoms. The van der Waals surface area contributed by atoms with Crippen molar-refractivity contribution in [2.75, 3.05) is 9.80 Å². The molecule has 0 radical (unpaired) electrons. The second-order valence-electron chi connectivity index (χ2n) is 19.3. The monoisotopic (exact) mass is 892 g/mol. The molecule has 70 heavy (non-hydrogen) atoms. The number of hydrogen-bond donors (Lipinski definition) is 0. The van der Waals surface area contributed by atoms with Crippen molar-refractivity contribution < 1.29 is 8.83 Å². The molecule has 0 atom stereocenters. The van der Waals surface area contributed by atoms with Gasteiger partial charge in [0.15, 0.2) is 11.2 Å². The maximum absolute atomic E-state index is 7.16. The van der Waals surface area contributed by atoms with Gasteiger partial charge in [0.05, 0.1) is 22.7 Å². The van der Waals surface area contributed by atoms with Crippen LogP contribution in [0.5, 0.6) is 0 Å². The zero-order chi connectivity index (χ0) is 45.9. The Balaban J connectivity index is 0.990. The molecule has 2 aromatic heterocycles. The fourth-order valence-electron chi connectivity index (χ4n) is 12.4. The maximum atomic E-state index is 7.16. The van der Waals surface area contributed by atoms with Crippen LogP contribution in [0.25, 0.3) is 121 Å². The first-order valence-electron chi connectivity index (χ1n) is 24.1. The Morgan fingerprint density at radius 1 is 0.286 bits per heavy atom. The number of hydrogen-bond acceptors (Lipinski definition) is 4. The van der Waals surface area contributed by atoms with Gasteiger partial charge in [0.25, 0.3) is 0 Å². The fourth-order valence-corrected chi connectivity index (χ4v) is 12.4. The number of fused-ring (bicyclic) bond motifs is 12. The number of aryl methyl sites for hydroxylation is 2. The number of para-hydroxylation sites is 4. The number of rotatable bonds is 2. The van der Waals surface area contributed by atoms with Crippen molar-refractivity contribution >= 4 is 110 Å². The summed E-state index contributed by atoms with van der Waals surface area (Å²) in [6, 6.07) is 76.3. The predicted octanol–water partition coefficient (Wildman–Crippen LogP) is 19.2. The Morgan fingerprint density at radius 2 is 0.671 bits per heavy atom. The van der Waals surface area contributed by atoms with E-state index in [1.807, 2.05) is 0 Å². The molecule has 4 nitrogen and oxygen atoms in total. The van der Waals surface area contributed by atoms with Crippen LogP contribution in [0.2, 0.25) is 0 Å². The van der Waals surface area contributed by atoms with Gasteiger partial charge in [0.2, 0.25) is 0 Å². The van der Waals surface area contributed by atoms with E-state index in [1.165, 1.54) is 65.7 Å². The first kappa shape index (κ1) is 37.9. The van der Waals surface area contributed by atoms with Gasteiger partial charge in [-0.15, -0.1) is 0 Å². The summed E-state index contributed by atoms with van der Waals surface area (Å²) in [6.45, 7) is 4.42. The van der Waals surface area contributed by atoms with Crippen molar-refractivity contribution in [2.45, 2.75) is 13.8 Å². The van der Waals surface area contributed by atoms with E-state index < -0.39 is 0 Å². The molecule has 0 saturated heterocycles. The number of furan rings is 2. The van der Waals surface area contributed by atoms with Crippen molar-refractivity contribution in [1.29, 1.82) is 0 Å². The second kappa shape index (κ2) is 13.7. The highest BCUT2D eigenvalue weighted by Gasteiger charge is 2.29. The lowest BCUT2D eigenvalue weighted by Crippen LogP contribution is -2.12. The van der Waals surface area contributed by atoms with E-state index in [4.69, 9.17) is 8.83 Å². The van der Waals surface area contributed by atoms with Crippen LogP contribution in [-0.2, 0) is 0 Å². The van der Waals surface area contributed by atoms with Crippen molar-refractivity contribution in [1.82, 2.24) is 0 Å². The van der Waals surface area contributed by atoms with Crippen molar-refractivity contribution in [2.24, 2.45) is 0 Å². The molecule has 12 aromatic carbocycles. The summed E-state index contributed by atoms with van der Waals surface area (Å²) < 4.78 is 14.3. The van der Waals surface area contributed by atoms with Crippen LogP contribution in [0.3, 0.4) is 0 Å². The summed E-state index contributed by atoms with van der Waals surface area (Å²) in [5.74, 6) is 0. The molecule has 326 valence electrons. The molecule has 4 heteroatoms. The van der Waals surface area contributed by atoms with Crippen molar-refractivity contribution in [3.05, 3.63) is 217 Å². The summed E-state index contributed by atoms with van der Waals surface area (Å²) in [7, 11) is 0. The summed E-state index contributed by atoms with van der Waals surface area (Å²) in [5.41, 5.74) is 21.5. The van der Waals surface area contributed by atoms with E-state index in [0.717, 1.165) is 100 Å². The molecule has 2 aliphatic rings. The van der Waals surface area contributed by atoms with Gasteiger partial charge in [-0.05, 0) is 128 Å². The van der Waals surface area contributed by atoms with Gasteiger partial charge >= 0.3 is 0 Å². The molecule has 14 aromatic rings. The lowest BCUT2D eigenvalue weighted by Gasteiger charge is -2.30. The van der Waals surface area contributed by atoms with Crippen LogP contribution in [-0.4, -0.2) is 0 Å². The largest absolute Gasteiger partial charge is 0.453 e. The Labute approximate surface area is 402 Å². The molecule has 4 heterocycles. The van der Waals surface area contributed by atoms with E-state index in [0.29, 0.717) is 0 Å². The number of anilines is 6. The Hall–Kier alpha value is -9.12. The average molecular weight is 893 g/mol. The molecule has 2 aliphatic heterocycles. The highest BCUT2D eigenvalue weighted by molar-refractivity contribution is 6.29. The summed E-state index contributed by atoms with van der Waals surface area (Å²) in [5, 5.41) is 11.6. The lowest BCUT2D eigenvalue weighted by atomic mass is 9.90. The first-order chi connectivity index (χ1) is 34.5. The Bertz CT molecular complexity index is 4300. The average Bonchev–Trinajstić information content (AvgIpc) is 3.98. The SMILES string of the molecule is Cc1cc2cc(c1)N(c1ccc3ccc4c(N5c6cc(C)cc(c6)-c6ccccc6-c6cccc7c6oc6c5cccc67)ccc5ccc1c3c54)c1cccc3c1oc1c(cccc13)-c1ccccc1-2. The molecule has 0 N–H and O–H groups in total. The fraction of sp³-hybridized carbons (Fsp3) is 0.0303. The topological polar surface area (TPSA) is 32.8 Å².